The van der Waals surface area contributed by atoms with Crippen molar-refractivity contribution >= 4 is 5.97 Å². The smallest absolute Gasteiger partial charge is 0.303 e. The summed E-state index contributed by atoms with van der Waals surface area (Å²) in [5, 5.41) is 9.11. The number of nitrogens with zero attached hydrogens (tertiary/aromatic N) is 1. The van der Waals surface area contributed by atoms with E-state index in [9.17, 15) is 4.79 Å². The molecule has 20 heavy (non-hydrogen) atoms. The van der Waals surface area contributed by atoms with E-state index in [0.29, 0.717) is 5.92 Å². The van der Waals surface area contributed by atoms with Gasteiger partial charge in [-0.3, -0.25) is 4.79 Å². The fourth-order valence-corrected chi connectivity index (χ4v) is 4.66. The SMILES string of the molecule is CC(C)C[N+]1(C2CC(C)C2)CC(N)CC(CC(=O)O)C1. The number of carbonyl (C=O) groups is 1. The van der Waals surface area contributed by atoms with E-state index in [4.69, 9.17) is 10.8 Å². The summed E-state index contributed by atoms with van der Waals surface area (Å²) in [6, 6.07) is 0.887. The molecule has 2 rings (SSSR count). The van der Waals surface area contributed by atoms with Crippen LogP contribution < -0.4 is 5.73 Å². The first-order valence-electron chi connectivity index (χ1n) is 8.14. The largest absolute Gasteiger partial charge is 0.481 e. The van der Waals surface area contributed by atoms with E-state index in [2.05, 4.69) is 20.8 Å². The van der Waals surface area contributed by atoms with Gasteiger partial charge in [-0.15, -0.1) is 0 Å². The minimum Gasteiger partial charge on any atom is -0.481 e. The quantitative estimate of drug-likeness (QED) is 0.759. The van der Waals surface area contributed by atoms with Gasteiger partial charge in [-0.2, -0.15) is 0 Å². The molecule has 2 aliphatic rings. The number of piperidine rings is 1. The van der Waals surface area contributed by atoms with Crippen LogP contribution >= 0.6 is 0 Å². The summed E-state index contributed by atoms with van der Waals surface area (Å²) >= 11 is 0. The third-order valence-electron chi connectivity index (χ3n) is 5.17. The van der Waals surface area contributed by atoms with Crippen molar-refractivity contribution < 1.29 is 14.4 Å². The van der Waals surface area contributed by atoms with Crippen molar-refractivity contribution in [1.82, 2.24) is 0 Å². The van der Waals surface area contributed by atoms with Crippen molar-refractivity contribution in [2.45, 2.75) is 58.5 Å². The predicted octanol–water partition coefficient (Wildman–Crippen LogP) is 2.08. The van der Waals surface area contributed by atoms with Gasteiger partial charge >= 0.3 is 5.97 Å². The number of likely N-dealkylation sites (tertiary alicyclic amines) is 1. The van der Waals surface area contributed by atoms with Crippen LogP contribution in [0.4, 0.5) is 0 Å². The van der Waals surface area contributed by atoms with E-state index in [1.54, 1.807) is 0 Å². The number of carboxylic acid groups (broad SMARTS) is 1. The van der Waals surface area contributed by atoms with Crippen LogP contribution in [0.2, 0.25) is 0 Å². The highest BCUT2D eigenvalue weighted by atomic mass is 16.4. The zero-order valence-electron chi connectivity index (χ0n) is 13.2. The first-order valence-corrected chi connectivity index (χ1v) is 8.14. The Labute approximate surface area is 122 Å². The zero-order valence-corrected chi connectivity index (χ0v) is 13.2. The Bertz CT molecular complexity index is 348. The van der Waals surface area contributed by atoms with Gasteiger partial charge < -0.3 is 15.3 Å². The number of rotatable bonds is 5. The van der Waals surface area contributed by atoms with Gasteiger partial charge in [0.05, 0.1) is 38.1 Å². The van der Waals surface area contributed by atoms with E-state index in [1.807, 2.05) is 0 Å². The van der Waals surface area contributed by atoms with Crippen molar-refractivity contribution in [1.29, 1.82) is 0 Å². The van der Waals surface area contributed by atoms with Crippen LogP contribution in [0.15, 0.2) is 0 Å². The lowest BCUT2D eigenvalue weighted by Gasteiger charge is -2.56. The molecule has 2 fully saturated rings. The average molecular weight is 283 g/mol. The van der Waals surface area contributed by atoms with Gasteiger partial charge in [0.1, 0.15) is 0 Å². The minimum atomic E-state index is -0.672. The Morgan fingerprint density at radius 1 is 1.30 bits per heavy atom. The van der Waals surface area contributed by atoms with Crippen molar-refractivity contribution in [2.75, 3.05) is 19.6 Å². The van der Waals surface area contributed by atoms with Crippen LogP contribution in [-0.2, 0) is 4.79 Å². The molecule has 0 radical (unpaired) electrons. The fourth-order valence-electron chi connectivity index (χ4n) is 4.66. The van der Waals surface area contributed by atoms with Crippen LogP contribution in [0, 0.1) is 17.8 Å². The molecule has 0 bridgehead atoms. The number of carboxylic acids is 1. The van der Waals surface area contributed by atoms with E-state index in [1.165, 1.54) is 12.8 Å². The maximum absolute atomic E-state index is 11.1. The average Bonchev–Trinajstić information content (AvgIpc) is 2.21. The molecule has 0 aromatic carbocycles. The summed E-state index contributed by atoms with van der Waals surface area (Å²) in [6.45, 7) is 10.1. The predicted molar refractivity (Wildman–Crippen MR) is 80.2 cm³/mol. The second-order valence-electron chi connectivity index (χ2n) is 7.85. The highest BCUT2D eigenvalue weighted by Crippen LogP contribution is 2.40. The molecule has 1 aliphatic carbocycles. The number of nitrogens with two attached hydrogens (primary N) is 1. The van der Waals surface area contributed by atoms with Crippen molar-refractivity contribution in [3.05, 3.63) is 0 Å². The number of quaternary nitrogens is 1. The molecule has 1 saturated heterocycles. The van der Waals surface area contributed by atoms with Gasteiger partial charge in [0.2, 0.25) is 0 Å². The van der Waals surface area contributed by atoms with Gasteiger partial charge in [0.25, 0.3) is 0 Å². The molecule has 3 unspecified atom stereocenters. The van der Waals surface area contributed by atoms with E-state index >= 15 is 0 Å². The van der Waals surface area contributed by atoms with Gasteiger partial charge in [0.15, 0.2) is 0 Å². The lowest BCUT2D eigenvalue weighted by molar-refractivity contribution is -0.968. The summed E-state index contributed by atoms with van der Waals surface area (Å²) in [5.41, 5.74) is 6.29. The van der Waals surface area contributed by atoms with Crippen LogP contribution in [0.1, 0.15) is 46.5 Å². The molecule has 0 spiro atoms. The standard InChI is InChI=1S/C16H30N2O2/c1-11(2)8-18(15-4-12(3)5-15)9-13(7-16(19)20)6-14(17)10-18/h11-15H,4-10,17H2,1-3H3/p+1. The maximum atomic E-state index is 11.1. The molecule has 116 valence electrons. The maximum Gasteiger partial charge on any atom is 0.303 e. The fraction of sp³-hybridized carbons (Fsp3) is 0.938. The number of aliphatic carboxylic acids is 1. The highest BCUT2D eigenvalue weighted by Gasteiger charge is 2.48. The Kier molecular flexibility index (Phi) is 4.75. The molecule has 4 heteroatoms. The summed E-state index contributed by atoms with van der Waals surface area (Å²) < 4.78 is 1.08. The first kappa shape index (κ1) is 15.8. The molecular formula is C16H31N2O2+. The topological polar surface area (TPSA) is 63.3 Å². The molecule has 0 aromatic rings. The molecular weight excluding hydrogens is 252 g/mol. The van der Waals surface area contributed by atoms with Crippen LogP contribution in [0.25, 0.3) is 0 Å². The van der Waals surface area contributed by atoms with Gasteiger partial charge in [0, 0.05) is 24.7 Å². The van der Waals surface area contributed by atoms with Gasteiger partial charge in [-0.1, -0.05) is 20.8 Å². The normalized spacial score (nSPS) is 41.5. The van der Waals surface area contributed by atoms with Crippen LogP contribution in [-0.4, -0.2) is 47.3 Å². The molecule has 1 aliphatic heterocycles. The molecule has 3 atom stereocenters. The third kappa shape index (κ3) is 3.53. The van der Waals surface area contributed by atoms with E-state index in [0.717, 1.165) is 42.5 Å². The van der Waals surface area contributed by atoms with Crippen molar-refractivity contribution in [2.24, 2.45) is 23.5 Å². The molecule has 0 aromatic heterocycles. The molecule has 4 nitrogen and oxygen atoms in total. The minimum absolute atomic E-state index is 0.169. The summed E-state index contributed by atoms with van der Waals surface area (Å²) in [4.78, 5) is 11.1. The molecule has 3 N–H and O–H groups in total. The Hall–Kier alpha value is -0.610. The highest BCUT2D eigenvalue weighted by molar-refractivity contribution is 5.67. The van der Waals surface area contributed by atoms with Crippen LogP contribution in [0.5, 0.6) is 0 Å². The second-order valence-corrected chi connectivity index (χ2v) is 7.85. The molecule has 1 saturated carbocycles. The molecule has 1 heterocycles. The summed E-state index contributed by atoms with van der Waals surface area (Å²) in [5.74, 6) is 1.06. The zero-order chi connectivity index (χ0) is 14.9. The summed E-state index contributed by atoms with van der Waals surface area (Å²) in [6.07, 6.45) is 3.75. The third-order valence-corrected chi connectivity index (χ3v) is 5.17. The molecule has 0 amide bonds. The van der Waals surface area contributed by atoms with Crippen molar-refractivity contribution in [3.8, 4) is 0 Å². The lowest BCUT2D eigenvalue weighted by atomic mass is 9.76. The summed E-state index contributed by atoms with van der Waals surface area (Å²) in [7, 11) is 0. The van der Waals surface area contributed by atoms with Crippen LogP contribution in [0.3, 0.4) is 0 Å². The lowest BCUT2D eigenvalue weighted by Crippen LogP contribution is -2.68. The van der Waals surface area contributed by atoms with Gasteiger partial charge in [-0.25, -0.2) is 0 Å². The Morgan fingerprint density at radius 3 is 2.45 bits per heavy atom. The number of hydrogen-bond donors (Lipinski definition) is 2. The monoisotopic (exact) mass is 283 g/mol. The first-order chi connectivity index (χ1) is 9.30. The second kappa shape index (κ2) is 6.02. The van der Waals surface area contributed by atoms with E-state index in [-0.39, 0.29) is 18.4 Å². The van der Waals surface area contributed by atoms with E-state index < -0.39 is 5.97 Å². The Morgan fingerprint density at radius 2 is 1.95 bits per heavy atom. The Balaban J connectivity index is 2.13. The van der Waals surface area contributed by atoms with Gasteiger partial charge in [-0.05, 0) is 12.3 Å². The number of hydrogen-bond acceptors (Lipinski definition) is 2. The van der Waals surface area contributed by atoms with Crippen molar-refractivity contribution in [3.63, 3.8) is 0 Å².